The number of fused-ring (bicyclic) bond motifs is 3. The number of ether oxygens (including phenoxy) is 1. The second-order valence-corrected chi connectivity index (χ2v) is 9.30. The molecular weight excluding hydrogens is 476 g/mol. The summed E-state index contributed by atoms with van der Waals surface area (Å²) >= 11 is 0. The van der Waals surface area contributed by atoms with Gasteiger partial charge < -0.3 is 47.7 Å². The Morgan fingerprint density at radius 1 is 1.22 bits per heavy atom. The summed E-state index contributed by atoms with van der Waals surface area (Å²) in [5, 5.41) is 46.6. The van der Waals surface area contributed by atoms with Crippen LogP contribution in [0.25, 0.3) is 5.76 Å². The van der Waals surface area contributed by atoms with Crippen LogP contribution in [-0.4, -0.2) is 75.7 Å². The molecule has 3 aliphatic carbocycles. The molecule has 36 heavy (non-hydrogen) atoms. The van der Waals surface area contributed by atoms with Crippen LogP contribution in [0, 0.1) is 11.3 Å². The molecule has 3 aliphatic rings. The molecule has 11 N–H and O–H groups in total. The van der Waals surface area contributed by atoms with Crippen LogP contribution in [0.1, 0.15) is 17.5 Å². The van der Waals surface area contributed by atoms with Gasteiger partial charge in [0, 0.05) is 36.2 Å². The molecular formula is C23H26N4O9. The number of methoxy groups -OCH3 is 1. The van der Waals surface area contributed by atoms with E-state index in [1.807, 2.05) is 0 Å². The van der Waals surface area contributed by atoms with Crippen molar-refractivity contribution in [3.63, 3.8) is 0 Å². The first-order chi connectivity index (χ1) is 16.8. The van der Waals surface area contributed by atoms with Crippen molar-refractivity contribution in [2.45, 2.75) is 24.5 Å². The number of rotatable bonds is 5. The van der Waals surface area contributed by atoms with E-state index in [1.54, 1.807) is 0 Å². The lowest BCUT2D eigenvalue weighted by Gasteiger charge is -2.53. The number of hydrogen-bond acceptors (Lipinski definition) is 11. The van der Waals surface area contributed by atoms with Gasteiger partial charge in [-0.1, -0.05) is 0 Å². The number of hydrogen-bond donors (Lipinski definition) is 8. The van der Waals surface area contributed by atoms with Crippen molar-refractivity contribution in [3.8, 4) is 5.75 Å². The molecule has 1 aromatic rings. The molecule has 0 spiro atoms. The van der Waals surface area contributed by atoms with Crippen LogP contribution < -0.4 is 22.5 Å². The first-order valence-corrected chi connectivity index (χ1v) is 10.9. The van der Waals surface area contributed by atoms with Gasteiger partial charge in [-0.3, -0.25) is 19.2 Å². The van der Waals surface area contributed by atoms with E-state index in [4.69, 9.17) is 21.9 Å². The topological polar surface area (TPSA) is 249 Å². The van der Waals surface area contributed by atoms with Crippen LogP contribution in [0.3, 0.4) is 0 Å². The number of amides is 2. The van der Waals surface area contributed by atoms with Gasteiger partial charge in [-0.25, -0.2) is 0 Å². The summed E-state index contributed by atoms with van der Waals surface area (Å²) in [6, 6.07) is 0.977. The summed E-state index contributed by atoms with van der Waals surface area (Å²) in [4.78, 5) is 50.8. The highest BCUT2D eigenvalue weighted by molar-refractivity contribution is 6.24. The van der Waals surface area contributed by atoms with Gasteiger partial charge in [-0.2, -0.15) is 0 Å². The molecule has 0 radical (unpaired) electrons. The zero-order valence-corrected chi connectivity index (χ0v) is 19.2. The maximum atomic E-state index is 13.9. The monoisotopic (exact) mass is 502 g/mol. The second-order valence-electron chi connectivity index (χ2n) is 9.30. The molecule has 0 heterocycles. The van der Waals surface area contributed by atoms with Gasteiger partial charge in [0.05, 0.1) is 11.6 Å². The molecule has 1 aromatic carbocycles. The van der Waals surface area contributed by atoms with Crippen molar-refractivity contribution in [1.29, 1.82) is 0 Å². The van der Waals surface area contributed by atoms with E-state index in [2.05, 4.69) is 5.32 Å². The van der Waals surface area contributed by atoms with E-state index in [-0.39, 0.29) is 42.8 Å². The Morgan fingerprint density at radius 2 is 1.89 bits per heavy atom. The predicted molar refractivity (Wildman–Crippen MR) is 123 cm³/mol. The SMILES string of the molecule is COCC(=O)NC[C@@]12Cc3c(N)ccc(O)c3C(O)=C1C(=O)[C@]1(O)C(O)=C(C(N)=O)C(=O)[C@@H](N)[C@@H]1C2. The number of aromatic hydroxyl groups is 1. The molecule has 13 heteroatoms. The number of primary amides is 1. The van der Waals surface area contributed by atoms with Crippen molar-refractivity contribution in [2.75, 3.05) is 26.0 Å². The number of nitrogens with two attached hydrogens (primary N) is 3. The molecule has 4 atom stereocenters. The number of phenols is 1. The number of benzene rings is 1. The number of nitrogens with one attached hydrogen (secondary N) is 1. The van der Waals surface area contributed by atoms with Crippen LogP contribution in [0.2, 0.25) is 0 Å². The van der Waals surface area contributed by atoms with E-state index in [9.17, 15) is 39.6 Å². The average molecular weight is 502 g/mol. The summed E-state index contributed by atoms with van der Waals surface area (Å²) < 4.78 is 4.81. The number of nitrogen functional groups attached to an aromatic ring is 1. The molecule has 0 aromatic heterocycles. The third-order valence-electron chi connectivity index (χ3n) is 7.29. The second kappa shape index (κ2) is 8.33. The third-order valence-corrected chi connectivity index (χ3v) is 7.29. The van der Waals surface area contributed by atoms with Crippen molar-refractivity contribution in [3.05, 3.63) is 40.2 Å². The van der Waals surface area contributed by atoms with Gasteiger partial charge in [-0.05, 0) is 30.5 Å². The highest BCUT2D eigenvalue weighted by Crippen LogP contribution is 2.57. The summed E-state index contributed by atoms with van der Waals surface area (Å²) in [6.07, 6.45) is -0.416. The highest BCUT2D eigenvalue weighted by Gasteiger charge is 2.66. The normalized spacial score (nSPS) is 29.4. The molecule has 1 saturated carbocycles. The Kier molecular flexibility index (Phi) is 5.82. The first-order valence-electron chi connectivity index (χ1n) is 10.9. The molecule has 192 valence electrons. The molecule has 4 rings (SSSR count). The largest absolute Gasteiger partial charge is 0.508 e. The third kappa shape index (κ3) is 3.27. The lowest BCUT2D eigenvalue weighted by atomic mass is 9.51. The van der Waals surface area contributed by atoms with Crippen LogP contribution in [0.5, 0.6) is 5.75 Å². The minimum Gasteiger partial charge on any atom is -0.508 e. The van der Waals surface area contributed by atoms with Gasteiger partial charge in [0.1, 0.15) is 29.4 Å². The van der Waals surface area contributed by atoms with E-state index in [0.717, 1.165) is 0 Å². The minimum atomic E-state index is -2.88. The van der Waals surface area contributed by atoms with Crippen molar-refractivity contribution in [1.82, 2.24) is 5.32 Å². The number of carbonyl (C=O) groups excluding carboxylic acids is 4. The number of carbonyl (C=O) groups is 4. The molecule has 13 nitrogen and oxygen atoms in total. The molecule has 0 unspecified atom stereocenters. The van der Waals surface area contributed by atoms with Crippen LogP contribution in [-0.2, 0) is 30.3 Å². The van der Waals surface area contributed by atoms with Gasteiger partial charge in [0.25, 0.3) is 5.91 Å². The van der Waals surface area contributed by atoms with Crippen LogP contribution in [0.15, 0.2) is 29.0 Å². The van der Waals surface area contributed by atoms with E-state index in [1.165, 1.54) is 19.2 Å². The molecule has 2 amide bonds. The van der Waals surface area contributed by atoms with E-state index in [0.29, 0.717) is 0 Å². The van der Waals surface area contributed by atoms with E-state index >= 15 is 0 Å². The fraction of sp³-hybridized carbons (Fsp3) is 0.391. The predicted octanol–water partition coefficient (Wildman–Crippen LogP) is -1.92. The van der Waals surface area contributed by atoms with Crippen molar-refractivity contribution in [2.24, 2.45) is 22.8 Å². The molecule has 1 fully saturated rings. The number of phenolic OH excluding ortho intramolecular Hbond substituents is 1. The lowest BCUT2D eigenvalue weighted by Crippen LogP contribution is -2.68. The average Bonchev–Trinajstić information content (AvgIpc) is 2.81. The zero-order chi connectivity index (χ0) is 26.7. The number of anilines is 1. The maximum Gasteiger partial charge on any atom is 0.255 e. The Hall–Kier alpha value is -3.94. The van der Waals surface area contributed by atoms with Crippen molar-refractivity contribution >= 4 is 34.8 Å². The van der Waals surface area contributed by atoms with Crippen LogP contribution in [0.4, 0.5) is 5.69 Å². The standard InChI is InChI=1S/C23H26N4O9/c1-36-6-12(29)27-7-22-4-8-10(24)2-3-11(28)13(8)17(30)15(22)20(33)23(35)9(5-22)16(25)18(31)14(19(23)32)21(26)34/h2-3,9,16,28,30,32,35H,4-7,24-25H2,1H3,(H2,26,34)(H,27,29)/t9-,16-,22-,23+/m0/s1. The summed E-state index contributed by atoms with van der Waals surface area (Å²) in [7, 11) is 1.30. The van der Waals surface area contributed by atoms with Gasteiger partial charge in [0.2, 0.25) is 11.7 Å². The Bertz CT molecular complexity index is 1290. The fourth-order valence-corrected chi connectivity index (χ4v) is 5.60. The summed E-state index contributed by atoms with van der Waals surface area (Å²) in [5.41, 5.74) is 11.9. The molecule has 0 saturated heterocycles. The molecule has 0 bridgehead atoms. The summed E-state index contributed by atoms with van der Waals surface area (Å²) in [5.74, 6) is -8.15. The smallest absolute Gasteiger partial charge is 0.255 e. The van der Waals surface area contributed by atoms with Crippen molar-refractivity contribution < 1.29 is 44.3 Å². The molecule has 0 aliphatic heterocycles. The minimum absolute atomic E-state index is 0.110. The maximum absolute atomic E-state index is 13.9. The highest BCUT2D eigenvalue weighted by atomic mass is 16.5. The quantitative estimate of drug-likeness (QED) is 0.125. The lowest BCUT2D eigenvalue weighted by molar-refractivity contribution is -0.152. The van der Waals surface area contributed by atoms with E-state index < -0.39 is 74.8 Å². The fourth-order valence-electron chi connectivity index (χ4n) is 5.60. The van der Waals surface area contributed by atoms with Gasteiger partial charge >= 0.3 is 0 Å². The number of aliphatic hydroxyl groups excluding tert-OH is 2. The Morgan fingerprint density at radius 3 is 2.50 bits per heavy atom. The zero-order valence-electron chi connectivity index (χ0n) is 19.2. The van der Waals surface area contributed by atoms with Gasteiger partial charge in [-0.15, -0.1) is 0 Å². The Labute approximate surface area is 204 Å². The van der Waals surface area contributed by atoms with Gasteiger partial charge in [0.15, 0.2) is 11.4 Å². The number of aliphatic hydroxyl groups is 3. The Balaban J connectivity index is 1.99. The van der Waals surface area contributed by atoms with Crippen LogP contribution >= 0.6 is 0 Å². The number of Topliss-reactive ketones (excluding diaryl/α,β-unsaturated/α-hetero) is 2. The first kappa shape index (κ1) is 25.2. The number of ketones is 2. The summed E-state index contributed by atoms with van der Waals surface area (Å²) in [6.45, 7) is -0.596.